The monoisotopic (exact) mass is 219 g/mol. The summed E-state index contributed by atoms with van der Waals surface area (Å²) in [7, 11) is 1.97. The zero-order chi connectivity index (χ0) is 10.8. The quantitative estimate of drug-likeness (QED) is 0.789. The molecule has 3 nitrogen and oxygen atoms in total. The molecule has 0 fully saturated rings. The fraction of sp³-hybridized carbons (Fsp3) is 0.182. The molecule has 0 aliphatic heterocycles. The highest BCUT2D eigenvalue weighted by atomic mass is 32.2. The Labute approximate surface area is 93.3 Å². The summed E-state index contributed by atoms with van der Waals surface area (Å²) in [5.41, 5.74) is 7.92. The highest BCUT2D eigenvalue weighted by Gasteiger charge is 2.05. The average Bonchev–Trinajstić information content (AvgIpc) is 2.57. The van der Waals surface area contributed by atoms with Crippen LogP contribution in [0.25, 0.3) is 0 Å². The molecule has 0 bridgehead atoms. The molecule has 0 aliphatic carbocycles. The highest BCUT2D eigenvalue weighted by Crippen LogP contribution is 2.30. The second-order valence-corrected chi connectivity index (χ2v) is 4.47. The largest absolute Gasteiger partial charge is 0.398 e. The number of anilines is 1. The van der Waals surface area contributed by atoms with E-state index in [0.717, 1.165) is 15.7 Å². The Morgan fingerprint density at radius 2 is 2.20 bits per heavy atom. The minimum atomic E-state index is 0.808. The van der Waals surface area contributed by atoms with Gasteiger partial charge in [0.1, 0.15) is 0 Å². The molecule has 0 saturated carbocycles. The molecular weight excluding hydrogens is 206 g/mol. The molecule has 0 unspecified atom stereocenters. The fourth-order valence-electron chi connectivity index (χ4n) is 1.31. The van der Waals surface area contributed by atoms with Crippen molar-refractivity contribution in [2.24, 2.45) is 7.05 Å². The molecule has 2 rings (SSSR count). The fourth-order valence-corrected chi connectivity index (χ4v) is 2.14. The van der Waals surface area contributed by atoms with Crippen molar-refractivity contribution in [3.8, 4) is 0 Å². The summed E-state index contributed by atoms with van der Waals surface area (Å²) in [6.45, 7) is 2.03. The van der Waals surface area contributed by atoms with Crippen molar-refractivity contribution in [3.63, 3.8) is 0 Å². The number of nitrogen functional groups attached to an aromatic ring is 1. The lowest BCUT2D eigenvalue weighted by Crippen LogP contribution is -1.92. The lowest BCUT2D eigenvalue weighted by atomic mass is 10.2. The van der Waals surface area contributed by atoms with Gasteiger partial charge in [0.2, 0.25) is 0 Å². The van der Waals surface area contributed by atoms with Gasteiger partial charge in [0.25, 0.3) is 0 Å². The Bertz CT molecular complexity index is 476. The number of imidazole rings is 1. The molecule has 15 heavy (non-hydrogen) atoms. The van der Waals surface area contributed by atoms with E-state index in [1.165, 1.54) is 5.56 Å². The minimum absolute atomic E-state index is 0.808. The number of aryl methyl sites for hydroxylation is 2. The van der Waals surface area contributed by atoms with Gasteiger partial charge in [-0.15, -0.1) is 0 Å². The van der Waals surface area contributed by atoms with Crippen LogP contribution in [-0.4, -0.2) is 9.55 Å². The van der Waals surface area contributed by atoms with Crippen LogP contribution < -0.4 is 5.73 Å². The average molecular weight is 219 g/mol. The SMILES string of the molecule is Cc1ccc(Sc2nccn2C)c(N)c1. The van der Waals surface area contributed by atoms with Crippen molar-refractivity contribution in [1.29, 1.82) is 0 Å². The normalized spacial score (nSPS) is 10.5. The van der Waals surface area contributed by atoms with Crippen molar-refractivity contribution in [2.75, 3.05) is 5.73 Å². The maximum absolute atomic E-state index is 5.93. The van der Waals surface area contributed by atoms with Gasteiger partial charge >= 0.3 is 0 Å². The maximum atomic E-state index is 5.93. The van der Waals surface area contributed by atoms with Crippen molar-refractivity contribution < 1.29 is 0 Å². The summed E-state index contributed by atoms with van der Waals surface area (Å²) in [6, 6.07) is 6.07. The number of aromatic nitrogens is 2. The van der Waals surface area contributed by atoms with Crippen LogP contribution >= 0.6 is 11.8 Å². The van der Waals surface area contributed by atoms with Crippen LogP contribution in [0, 0.1) is 6.92 Å². The van der Waals surface area contributed by atoms with Crippen molar-refractivity contribution in [3.05, 3.63) is 36.2 Å². The summed E-state index contributed by atoms with van der Waals surface area (Å²) in [6.07, 6.45) is 3.71. The van der Waals surface area contributed by atoms with Gasteiger partial charge in [-0.1, -0.05) is 6.07 Å². The van der Waals surface area contributed by atoms with E-state index in [0.29, 0.717) is 0 Å². The first-order chi connectivity index (χ1) is 7.16. The molecule has 2 N–H and O–H groups in total. The van der Waals surface area contributed by atoms with Crippen molar-refractivity contribution >= 4 is 17.4 Å². The van der Waals surface area contributed by atoms with Gasteiger partial charge in [0.05, 0.1) is 0 Å². The second-order valence-electron chi connectivity index (χ2n) is 3.46. The Kier molecular flexibility index (Phi) is 2.68. The molecule has 1 heterocycles. The first-order valence-electron chi connectivity index (χ1n) is 4.68. The van der Waals surface area contributed by atoms with Crippen molar-refractivity contribution in [2.45, 2.75) is 17.0 Å². The molecular formula is C11H13N3S. The third-order valence-corrected chi connectivity index (χ3v) is 3.31. The Balaban J connectivity index is 2.29. The van der Waals surface area contributed by atoms with E-state index in [9.17, 15) is 0 Å². The number of nitrogens with zero attached hydrogens (tertiary/aromatic N) is 2. The molecule has 2 aromatic rings. The standard InChI is InChI=1S/C11H13N3S/c1-8-3-4-10(9(12)7-8)15-11-13-5-6-14(11)2/h3-7H,12H2,1-2H3. The number of benzene rings is 1. The number of nitrogens with two attached hydrogens (primary N) is 1. The Hall–Kier alpha value is -1.42. The molecule has 0 aliphatic rings. The van der Waals surface area contributed by atoms with E-state index in [1.807, 2.05) is 36.9 Å². The molecule has 0 atom stereocenters. The predicted octanol–water partition coefficient (Wildman–Crippen LogP) is 2.46. The van der Waals surface area contributed by atoms with Crippen molar-refractivity contribution in [1.82, 2.24) is 9.55 Å². The molecule has 78 valence electrons. The second kappa shape index (κ2) is 3.98. The Morgan fingerprint density at radius 3 is 2.80 bits per heavy atom. The van der Waals surface area contributed by atoms with Gasteiger partial charge in [-0.3, -0.25) is 0 Å². The van der Waals surface area contributed by atoms with Gasteiger partial charge in [0, 0.05) is 30.0 Å². The van der Waals surface area contributed by atoms with Crippen LogP contribution in [0.5, 0.6) is 0 Å². The number of hydrogen-bond acceptors (Lipinski definition) is 3. The number of hydrogen-bond donors (Lipinski definition) is 1. The zero-order valence-electron chi connectivity index (χ0n) is 8.77. The van der Waals surface area contributed by atoms with Crippen LogP contribution in [0.15, 0.2) is 40.6 Å². The lowest BCUT2D eigenvalue weighted by Gasteiger charge is -2.05. The van der Waals surface area contributed by atoms with E-state index >= 15 is 0 Å². The highest BCUT2D eigenvalue weighted by molar-refractivity contribution is 7.99. The minimum Gasteiger partial charge on any atom is -0.398 e. The molecule has 0 saturated heterocycles. The number of rotatable bonds is 2. The third-order valence-electron chi connectivity index (χ3n) is 2.14. The topological polar surface area (TPSA) is 43.8 Å². The molecule has 0 spiro atoms. The summed E-state index contributed by atoms with van der Waals surface area (Å²) in [5.74, 6) is 0. The third kappa shape index (κ3) is 2.15. The van der Waals surface area contributed by atoms with E-state index in [1.54, 1.807) is 18.0 Å². The molecule has 4 heteroatoms. The first kappa shape index (κ1) is 10.1. The van der Waals surface area contributed by atoms with E-state index in [4.69, 9.17) is 5.73 Å². The first-order valence-corrected chi connectivity index (χ1v) is 5.50. The van der Waals surface area contributed by atoms with Crippen LogP contribution in [0.2, 0.25) is 0 Å². The van der Waals surface area contributed by atoms with Gasteiger partial charge in [-0.05, 0) is 36.4 Å². The summed E-state index contributed by atoms with van der Waals surface area (Å²) >= 11 is 1.58. The van der Waals surface area contributed by atoms with Crippen LogP contribution in [0.3, 0.4) is 0 Å². The van der Waals surface area contributed by atoms with E-state index in [2.05, 4.69) is 11.1 Å². The van der Waals surface area contributed by atoms with Crippen LogP contribution in [0.1, 0.15) is 5.56 Å². The Morgan fingerprint density at radius 1 is 1.40 bits per heavy atom. The van der Waals surface area contributed by atoms with Crippen LogP contribution in [-0.2, 0) is 7.05 Å². The summed E-state index contributed by atoms with van der Waals surface area (Å²) < 4.78 is 1.98. The summed E-state index contributed by atoms with van der Waals surface area (Å²) in [5, 5.41) is 0.950. The summed E-state index contributed by atoms with van der Waals surface area (Å²) in [4.78, 5) is 5.30. The van der Waals surface area contributed by atoms with Gasteiger partial charge in [-0.25, -0.2) is 4.98 Å². The van der Waals surface area contributed by atoms with Gasteiger partial charge < -0.3 is 10.3 Å². The molecule has 1 aromatic carbocycles. The maximum Gasteiger partial charge on any atom is 0.172 e. The zero-order valence-corrected chi connectivity index (χ0v) is 9.58. The molecule has 0 radical (unpaired) electrons. The molecule has 0 amide bonds. The van der Waals surface area contributed by atoms with E-state index in [-0.39, 0.29) is 0 Å². The van der Waals surface area contributed by atoms with Gasteiger partial charge in [0.15, 0.2) is 5.16 Å². The lowest BCUT2D eigenvalue weighted by molar-refractivity contribution is 0.790. The molecule has 1 aromatic heterocycles. The van der Waals surface area contributed by atoms with E-state index < -0.39 is 0 Å². The van der Waals surface area contributed by atoms with Crippen LogP contribution in [0.4, 0.5) is 5.69 Å². The predicted molar refractivity (Wildman–Crippen MR) is 62.9 cm³/mol. The smallest absolute Gasteiger partial charge is 0.172 e. The van der Waals surface area contributed by atoms with Gasteiger partial charge in [-0.2, -0.15) is 0 Å².